The minimum absolute atomic E-state index is 0.0293. The van der Waals surface area contributed by atoms with Gasteiger partial charge in [0.15, 0.2) is 0 Å². The third kappa shape index (κ3) is 24.5. The van der Waals surface area contributed by atoms with Crippen LogP contribution in [0.3, 0.4) is 0 Å². The van der Waals surface area contributed by atoms with E-state index in [9.17, 15) is 86.8 Å². The number of unbranched alkanes of at least 4 members (excludes halogenated alkanes) is 1. The van der Waals surface area contributed by atoms with Crippen molar-refractivity contribution >= 4 is 93.8 Å². The smallest absolute Gasteiger partial charge is 0.481 e. The lowest BCUT2D eigenvalue weighted by atomic mass is 10.0. The lowest BCUT2D eigenvalue weighted by molar-refractivity contribution is -0.393. The van der Waals surface area contributed by atoms with E-state index in [-0.39, 0.29) is 55.2 Å². The summed E-state index contributed by atoms with van der Waals surface area (Å²) in [6.07, 6.45) is -4.53. The summed E-state index contributed by atoms with van der Waals surface area (Å²) in [6.45, 7) is 4.39. The number of carboxylic acid groups (broad SMARTS) is 3. The van der Waals surface area contributed by atoms with Gasteiger partial charge in [-0.25, -0.2) is 4.79 Å². The Labute approximate surface area is 447 Å². The summed E-state index contributed by atoms with van der Waals surface area (Å²) < 4.78 is 31.7. The number of nitro groups is 2. The number of halogens is 3. The number of benzene rings is 2. The Kier molecular flexibility index (Phi) is 29.2. The topological polar surface area (TPSA) is 466 Å². The van der Waals surface area contributed by atoms with Gasteiger partial charge in [-0.3, -0.25) is 63.4 Å². The van der Waals surface area contributed by atoms with Crippen molar-refractivity contribution in [2.75, 3.05) is 42.7 Å². The van der Waals surface area contributed by atoms with E-state index < -0.39 is 148 Å². The van der Waals surface area contributed by atoms with E-state index in [1.54, 1.807) is 32.2 Å². The minimum Gasteiger partial charge on any atom is -0.481 e. The van der Waals surface area contributed by atoms with Crippen LogP contribution in [0, 0.1) is 26.1 Å². The first kappa shape index (κ1) is 67.7. The molecule has 78 heavy (non-hydrogen) atoms. The number of anilines is 2. The number of amides is 7. The quantitative estimate of drug-likeness (QED) is 0.0204. The van der Waals surface area contributed by atoms with Crippen molar-refractivity contribution in [1.82, 2.24) is 37.2 Å². The van der Waals surface area contributed by atoms with Crippen molar-refractivity contribution in [3.63, 3.8) is 0 Å². The van der Waals surface area contributed by atoms with Gasteiger partial charge >= 0.3 is 24.1 Å². The third-order valence-corrected chi connectivity index (χ3v) is 11.3. The van der Waals surface area contributed by atoms with Crippen molar-refractivity contribution in [2.45, 2.75) is 108 Å². The molecule has 0 saturated heterocycles. The van der Waals surface area contributed by atoms with Crippen LogP contribution in [0.2, 0.25) is 0 Å². The molecule has 0 aliphatic carbocycles. The molecule has 2 aromatic rings. The molecule has 2 aromatic carbocycles. The number of nitrogens with one attached hydrogen (secondary N) is 8. The van der Waals surface area contributed by atoms with E-state index in [0.29, 0.717) is 12.8 Å². The molecule has 7 amide bonds. The molecule has 0 heterocycles. The summed E-state index contributed by atoms with van der Waals surface area (Å²) in [5, 5.41) is 68.4. The summed E-state index contributed by atoms with van der Waals surface area (Å²) in [5.41, 5.74) is 10.7. The predicted octanol–water partition coefficient (Wildman–Crippen LogP) is 0.367. The van der Waals surface area contributed by atoms with Crippen LogP contribution in [0.1, 0.15) is 76.1 Å². The van der Waals surface area contributed by atoms with E-state index >= 15 is 0 Å². The zero-order chi connectivity index (χ0) is 59.4. The summed E-state index contributed by atoms with van der Waals surface area (Å²) in [5.74, 6) is -12.0. The Bertz CT molecular complexity index is 2470. The number of nitro benzene ring substituents is 2. The lowest BCUT2D eigenvalue weighted by Crippen LogP contribution is -2.60. The van der Waals surface area contributed by atoms with Gasteiger partial charge in [-0.15, -0.1) is 0 Å². The van der Waals surface area contributed by atoms with Gasteiger partial charge in [0, 0.05) is 31.3 Å². The molecular weight excluding hydrogens is 1070 g/mol. The van der Waals surface area contributed by atoms with Gasteiger partial charge in [0.25, 0.3) is 17.3 Å². The molecule has 0 aromatic heterocycles. The average Bonchev–Trinajstić information content (AvgIpc) is 3.35. The molecule has 0 aliphatic heterocycles. The molecule has 432 valence electrons. The molecule has 33 heteroatoms. The molecular formula is C45H63F3N12O17S. The number of hydrogen-bond donors (Lipinski definition) is 13. The number of hydrogen-bond acceptors (Lipinski definition) is 18. The number of alkyl halides is 3. The second kappa shape index (κ2) is 33.6. The van der Waals surface area contributed by atoms with Crippen molar-refractivity contribution < 1.29 is 86.3 Å². The van der Waals surface area contributed by atoms with Gasteiger partial charge in [-0.1, -0.05) is 26.0 Å². The zero-order valence-corrected chi connectivity index (χ0v) is 43.3. The van der Waals surface area contributed by atoms with Crippen LogP contribution in [-0.2, 0) is 43.2 Å². The highest BCUT2D eigenvalue weighted by molar-refractivity contribution is 7.98. The summed E-state index contributed by atoms with van der Waals surface area (Å²) in [6, 6.07) is 0.486. The third-order valence-electron chi connectivity index (χ3n) is 10.7. The highest BCUT2D eigenvalue weighted by atomic mass is 32.2. The molecule has 0 radical (unpaired) electrons. The van der Waals surface area contributed by atoms with Gasteiger partial charge in [0.2, 0.25) is 35.4 Å². The van der Waals surface area contributed by atoms with Crippen molar-refractivity contribution in [1.29, 1.82) is 0 Å². The normalized spacial score (nSPS) is 13.2. The van der Waals surface area contributed by atoms with E-state index in [1.807, 2.05) is 0 Å². The Balaban J connectivity index is 0.00000404. The maximum Gasteiger partial charge on any atom is 0.490 e. The van der Waals surface area contributed by atoms with Crippen molar-refractivity contribution in [3.05, 3.63) is 68.3 Å². The minimum atomic E-state index is -5.08. The Hall–Kier alpha value is -8.36. The van der Waals surface area contributed by atoms with Crippen LogP contribution < -0.4 is 54.0 Å². The van der Waals surface area contributed by atoms with Crippen LogP contribution in [0.15, 0.2) is 42.5 Å². The van der Waals surface area contributed by atoms with Crippen LogP contribution >= 0.6 is 11.8 Å². The van der Waals surface area contributed by atoms with Crippen LogP contribution in [-0.4, -0.2) is 158 Å². The number of thioether (sulfide) groups is 1. The molecule has 0 unspecified atom stereocenters. The average molecular weight is 1130 g/mol. The number of carboxylic acids is 3. The van der Waals surface area contributed by atoms with Crippen LogP contribution in [0.5, 0.6) is 0 Å². The van der Waals surface area contributed by atoms with Gasteiger partial charge in [-0.2, -0.15) is 24.9 Å². The fraction of sp³-hybridized carbons (Fsp3) is 0.511. The van der Waals surface area contributed by atoms with Crippen molar-refractivity contribution in [2.24, 2.45) is 11.7 Å². The number of para-hydroxylation sites is 1. The molecule has 0 aliphatic rings. The SMILES string of the molecule is CSCC[C@H](NC(=O)[C@H](CCCCN)NC(=O)[C@@H](NC(=O)c1ccccc1N)C(C)C)C(=O)N[C@@H](CC(=O)O)C(=O)N[C@@H](C)C(=O)N[C@@H](CCC(=O)O)C(=O)NCCNc1ccc([N+](=O)[O-])cc1[N+](=O)[O-].O=C(O)C(F)(F)F. The number of carbonyl (C=O) groups is 10. The maximum absolute atomic E-state index is 13.9. The van der Waals surface area contributed by atoms with E-state index in [4.69, 9.17) is 21.4 Å². The molecule has 0 fully saturated rings. The van der Waals surface area contributed by atoms with E-state index in [1.165, 1.54) is 23.9 Å². The predicted molar refractivity (Wildman–Crippen MR) is 272 cm³/mol. The molecule has 29 nitrogen and oxygen atoms in total. The first-order chi connectivity index (χ1) is 36.4. The molecule has 0 saturated carbocycles. The Morgan fingerprint density at radius 3 is 1.76 bits per heavy atom. The van der Waals surface area contributed by atoms with Crippen LogP contribution in [0.4, 0.5) is 35.9 Å². The van der Waals surface area contributed by atoms with Crippen molar-refractivity contribution in [3.8, 4) is 0 Å². The zero-order valence-electron chi connectivity index (χ0n) is 42.5. The summed E-state index contributed by atoms with van der Waals surface area (Å²) >= 11 is 1.30. The molecule has 6 atom stereocenters. The molecule has 15 N–H and O–H groups in total. The van der Waals surface area contributed by atoms with Gasteiger partial charge < -0.3 is 69.3 Å². The summed E-state index contributed by atoms with van der Waals surface area (Å²) in [4.78, 5) is 147. The number of rotatable bonds is 32. The molecule has 0 spiro atoms. The van der Waals surface area contributed by atoms with Gasteiger partial charge in [0.05, 0.1) is 27.9 Å². The second-order valence-electron chi connectivity index (χ2n) is 17.1. The largest absolute Gasteiger partial charge is 0.490 e. The van der Waals surface area contributed by atoms with E-state index in [2.05, 4.69) is 42.5 Å². The molecule has 2 rings (SSSR count). The Morgan fingerprint density at radius 1 is 0.679 bits per heavy atom. The van der Waals surface area contributed by atoms with E-state index in [0.717, 1.165) is 25.1 Å². The monoisotopic (exact) mass is 1130 g/mol. The fourth-order valence-electron chi connectivity index (χ4n) is 6.57. The number of nitrogens with zero attached hydrogens (tertiary/aromatic N) is 2. The maximum atomic E-state index is 13.9. The first-order valence-corrected chi connectivity index (χ1v) is 24.9. The number of carbonyl (C=O) groups excluding carboxylic acids is 7. The van der Waals surface area contributed by atoms with Gasteiger partial charge in [0.1, 0.15) is 41.9 Å². The van der Waals surface area contributed by atoms with Crippen LogP contribution in [0.25, 0.3) is 0 Å². The lowest BCUT2D eigenvalue weighted by Gasteiger charge is -2.27. The standard InChI is InChI=1S/C43H62N12O15S.C2HF3O2/c1-23(2)36(53-38(61)26-9-5-6-10-27(26)45)43(66)51-29(11-7-8-17-44)40(63)50-31(16-20-71-4)41(64)52-32(22-35(58)59)42(65)48-24(3)37(60)49-30(14-15-34(56)57)39(62)47-19-18-46-28-13-12-25(54(67)68)21-33(28)55(69)70;3-2(4,5)1(6)7/h5-6,9-10,12-13,21,23-24,29-32,36,46H,7-8,11,14-20,22,44-45H2,1-4H3,(H,47,62)(H,48,65)(H,49,60)(H,50,63)(H,51,66)(H,52,64)(H,53,61)(H,56,57)(H,58,59);(H,6,7)/t24-,29-,30-,31-,32-,36-;/m0./s1. The Morgan fingerprint density at radius 2 is 1.23 bits per heavy atom. The fourth-order valence-corrected chi connectivity index (χ4v) is 7.04. The first-order valence-electron chi connectivity index (χ1n) is 23.5. The highest BCUT2D eigenvalue weighted by Crippen LogP contribution is 2.28. The number of non-ortho nitro benzene ring substituents is 1. The number of aliphatic carboxylic acids is 3. The van der Waals surface area contributed by atoms with Gasteiger partial charge in [-0.05, 0) is 81.7 Å². The number of nitrogen functional groups attached to an aromatic ring is 1. The highest BCUT2D eigenvalue weighted by Gasteiger charge is 2.38. The number of nitrogens with two attached hydrogens (primary N) is 2. The second-order valence-corrected chi connectivity index (χ2v) is 18.1. The summed E-state index contributed by atoms with van der Waals surface area (Å²) in [7, 11) is 0. The molecule has 0 bridgehead atoms.